The molecule has 160 valence electrons. The molecule has 1 fully saturated rings. The second-order valence-corrected chi connectivity index (χ2v) is 9.48. The number of rotatable bonds is 6. The molecule has 3 rings (SSSR count). The minimum Gasteiger partial charge on any atom is -0.497 e. The van der Waals surface area contributed by atoms with Crippen molar-refractivity contribution in [2.45, 2.75) is 16.9 Å². The highest BCUT2D eigenvalue weighted by Gasteiger charge is 2.46. The van der Waals surface area contributed by atoms with E-state index in [0.29, 0.717) is 18.7 Å². The fourth-order valence-corrected chi connectivity index (χ4v) is 5.38. The van der Waals surface area contributed by atoms with Crippen LogP contribution in [0.1, 0.15) is 12.0 Å². The monoisotopic (exact) mass is 440 g/mol. The van der Waals surface area contributed by atoms with Crippen molar-refractivity contribution in [1.82, 2.24) is 9.21 Å². The van der Waals surface area contributed by atoms with Crippen LogP contribution in [0.5, 0.6) is 5.75 Å². The van der Waals surface area contributed by atoms with Gasteiger partial charge in [0.15, 0.2) is 0 Å². The van der Waals surface area contributed by atoms with E-state index >= 15 is 0 Å². The second-order valence-electron chi connectivity index (χ2n) is 7.54. The molecular formula is C21H29ClN2O4S. The molecule has 0 saturated carbocycles. The van der Waals surface area contributed by atoms with E-state index in [1.54, 1.807) is 37.4 Å². The summed E-state index contributed by atoms with van der Waals surface area (Å²) in [4.78, 5) is 2.26. The topological polar surface area (TPSA) is 70.1 Å². The summed E-state index contributed by atoms with van der Waals surface area (Å²) in [5.41, 5.74) is -0.364. The minimum atomic E-state index is -3.60. The van der Waals surface area contributed by atoms with Crippen molar-refractivity contribution in [1.29, 1.82) is 0 Å². The number of aliphatic hydroxyl groups is 1. The van der Waals surface area contributed by atoms with Crippen LogP contribution in [0.4, 0.5) is 0 Å². The molecule has 2 unspecified atom stereocenters. The molecule has 2 aromatic rings. The quantitative estimate of drug-likeness (QED) is 0.747. The predicted molar refractivity (Wildman–Crippen MR) is 116 cm³/mol. The zero-order valence-corrected chi connectivity index (χ0v) is 18.6. The van der Waals surface area contributed by atoms with Gasteiger partial charge in [0.1, 0.15) is 5.75 Å². The molecule has 0 aromatic heterocycles. The van der Waals surface area contributed by atoms with Crippen LogP contribution in [0.2, 0.25) is 0 Å². The number of ether oxygens (including phenoxy) is 1. The Morgan fingerprint density at radius 3 is 2.48 bits per heavy atom. The molecule has 2 atom stereocenters. The number of halogens is 1. The first-order chi connectivity index (χ1) is 13.3. The molecule has 0 bridgehead atoms. The minimum absolute atomic E-state index is 0. The number of sulfonamides is 1. The summed E-state index contributed by atoms with van der Waals surface area (Å²) in [6, 6.07) is 15.9. The predicted octanol–water partition coefficient (Wildman–Crippen LogP) is 2.58. The Hall–Kier alpha value is -1.64. The van der Waals surface area contributed by atoms with Gasteiger partial charge in [-0.1, -0.05) is 30.3 Å². The van der Waals surface area contributed by atoms with Crippen LogP contribution < -0.4 is 4.74 Å². The fraction of sp³-hybridized carbons (Fsp3) is 0.429. The van der Waals surface area contributed by atoms with Gasteiger partial charge in [-0.3, -0.25) is 0 Å². The van der Waals surface area contributed by atoms with E-state index in [9.17, 15) is 13.5 Å². The summed E-state index contributed by atoms with van der Waals surface area (Å²) < 4.78 is 33.0. The van der Waals surface area contributed by atoms with Crippen molar-refractivity contribution in [3.05, 3.63) is 60.2 Å². The van der Waals surface area contributed by atoms with Gasteiger partial charge in [0, 0.05) is 25.6 Å². The zero-order chi connectivity index (χ0) is 20.4. The highest BCUT2D eigenvalue weighted by molar-refractivity contribution is 7.89. The van der Waals surface area contributed by atoms with E-state index in [0.717, 1.165) is 5.56 Å². The van der Waals surface area contributed by atoms with Crippen molar-refractivity contribution >= 4 is 22.4 Å². The third kappa shape index (κ3) is 4.92. The lowest BCUT2D eigenvalue weighted by Crippen LogP contribution is -2.54. The summed E-state index contributed by atoms with van der Waals surface area (Å²) in [6.07, 6.45) is 0.324. The maximum atomic E-state index is 13.1. The van der Waals surface area contributed by atoms with E-state index < -0.39 is 15.6 Å². The summed E-state index contributed by atoms with van der Waals surface area (Å²) in [5, 5.41) is 11.6. The molecule has 1 N–H and O–H groups in total. The summed E-state index contributed by atoms with van der Waals surface area (Å²) in [6.45, 7) is 1.08. The molecule has 2 aromatic carbocycles. The van der Waals surface area contributed by atoms with Crippen LogP contribution in [0, 0.1) is 5.92 Å². The van der Waals surface area contributed by atoms with Crippen molar-refractivity contribution in [3.8, 4) is 5.75 Å². The van der Waals surface area contributed by atoms with Crippen LogP contribution >= 0.6 is 12.4 Å². The molecule has 0 amide bonds. The van der Waals surface area contributed by atoms with Gasteiger partial charge in [-0.25, -0.2) is 8.42 Å². The number of benzene rings is 2. The third-order valence-corrected chi connectivity index (χ3v) is 7.26. The lowest BCUT2D eigenvalue weighted by molar-refractivity contribution is -0.0698. The van der Waals surface area contributed by atoms with Gasteiger partial charge in [-0.2, -0.15) is 4.31 Å². The van der Waals surface area contributed by atoms with Crippen molar-refractivity contribution < 1.29 is 18.3 Å². The molecule has 1 aliphatic rings. The van der Waals surface area contributed by atoms with E-state index in [-0.39, 0.29) is 36.3 Å². The van der Waals surface area contributed by atoms with E-state index in [1.165, 1.54) is 4.31 Å². The van der Waals surface area contributed by atoms with Crippen molar-refractivity contribution in [2.75, 3.05) is 40.8 Å². The first-order valence-corrected chi connectivity index (χ1v) is 10.8. The molecule has 1 heterocycles. The Morgan fingerprint density at radius 2 is 1.86 bits per heavy atom. The summed E-state index contributed by atoms with van der Waals surface area (Å²) in [7, 11) is 1.85. The Balaban J connectivity index is 0.00000300. The summed E-state index contributed by atoms with van der Waals surface area (Å²) >= 11 is 0. The normalized spacial score (nSPS) is 22.9. The first-order valence-electron chi connectivity index (χ1n) is 9.34. The second kappa shape index (κ2) is 9.45. The Bertz CT molecular complexity index is 908. The molecule has 0 aliphatic carbocycles. The van der Waals surface area contributed by atoms with Crippen LogP contribution in [0.25, 0.3) is 0 Å². The molecule has 0 spiro atoms. The molecule has 0 radical (unpaired) electrons. The van der Waals surface area contributed by atoms with Crippen LogP contribution in [-0.4, -0.2) is 63.6 Å². The molecule has 29 heavy (non-hydrogen) atoms. The van der Waals surface area contributed by atoms with E-state index in [4.69, 9.17) is 4.74 Å². The van der Waals surface area contributed by atoms with Gasteiger partial charge >= 0.3 is 0 Å². The number of hydrogen-bond donors (Lipinski definition) is 1. The SMILES string of the molecule is COc1cccc(C2(O)CCN(S(=O)(=O)c3ccccc3)CC2CN(C)C)c1.Cl. The summed E-state index contributed by atoms with van der Waals surface area (Å²) in [5.74, 6) is 0.399. The smallest absolute Gasteiger partial charge is 0.243 e. The van der Waals surface area contributed by atoms with Gasteiger partial charge < -0.3 is 14.7 Å². The van der Waals surface area contributed by atoms with E-state index in [2.05, 4.69) is 0 Å². The number of piperidine rings is 1. The van der Waals surface area contributed by atoms with Gasteiger partial charge in [-0.05, 0) is 50.3 Å². The van der Waals surface area contributed by atoms with Gasteiger partial charge in [0.05, 0.1) is 17.6 Å². The number of nitrogens with zero attached hydrogens (tertiary/aromatic N) is 2. The van der Waals surface area contributed by atoms with Crippen LogP contribution in [0.15, 0.2) is 59.5 Å². The molecule has 6 nitrogen and oxygen atoms in total. The largest absolute Gasteiger partial charge is 0.497 e. The highest BCUT2D eigenvalue weighted by Crippen LogP contribution is 2.40. The van der Waals surface area contributed by atoms with Gasteiger partial charge in [-0.15, -0.1) is 12.4 Å². The van der Waals surface area contributed by atoms with Crippen molar-refractivity contribution in [2.24, 2.45) is 5.92 Å². The lowest BCUT2D eigenvalue weighted by Gasteiger charge is -2.45. The van der Waals surface area contributed by atoms with Crippen LogP contribution in [-0.2, 0) is 15.6 Å². The van der Waals surface area contributed by atoms with E-state index in [1.807, 2.05) is 43.3 Å². The Kier molecular flexibility index (Phi) is 7.70. The maximum Gasteiger partial charge on any atom is 0.243 e. The maximum absolute atomic E-state index is 13.1. The lowest BCUT2D eigenvalue weighted by atomic mass is 9.76. The first kappa shape index (κ1) is 23.6. The molecule has 1 saturated heterocycles. The average Bonchev–Trinajstić information content (AvgIpc) is 2.70. The van der Waals surface area contributed by atoms with Gasteiger partial charge in [0.25, 0.3) is 0 Å². The number of hydrogen-bond acceptors (Lipinski definition) is 5. The Labute approximate surface area is 179 Å². The van der Waals surface area contributed by atoms with Crippen LogP contribution in [0.3, 0.4) is 0 Å². The average molecular weight is 441 g/mol. The zero-order valence-electron chi connectivity index (χ0n) is 17.0. The standard InChI is InChI=1S/C21H28N2O4S.ClH/c1-22(2)15-18-16-23(28(25,26)20-10-5-4-6-11-20)13-12-21(18,24)17-8-7-9-19(14-17)27-3;/h4-11,14,18,24H,12-13,15-16H2,1-3H3;1H. The highest BCUT2D eigenvalue weighted by atomic mass is 35.5. The number of methoxy groups -OCH3 is 1. The van der Waals surface area contributed by atoms with Gasteiger partial charge in [0.2, 0.25) is 10.0 Å². The third-order valence-electron chi connectivity index (χ3n) is 5.38. The molecule has 8 heteroatoms. The Morgan fingerprint density at radius 1 is 1.17 bits per heavy atom. The van der Waals surface area contributed by atoms with Crippen molar-refractivity contribution in [3.63, 3.8) is 0 Å². The fourth-order valence-electron chi connectivity index (χ4n) is 3.87. The molecular weight excluding hydrogens is 412 g/mol. The molecule has 1 aliphatic heterocycles.